The Morgan fingerprint density at radius 1 is 1.10 bits per heavy atom. The van der Waals surface area contributed by atoms with Crippen molar-refractivity contribution in [3.63, 3.8) is 0 Å². The van der Waals surface area contributed by atoms with E-state index in [0.29, 0.717) is 36.3 Å². The Hall–Kier alpha value is -3.88. The zero-order valence-electron chi connectivity index (χ0n) is 21.6. The van der Waals surface area contributed by atoms with E-state index in [2.05, 4.69) is 20.8 Å². The maximum atomic E-state index is 13.5. The summed E-state index contributed by atoms with van der Waals surface area (Å²) in [6.45, 7) is 2.65. The summed E-state index contributed by atoms with van der Waals surface area (Å²) in [7, 11) is -3.65. The van der Waals surface area contributed by atoms with Crippen LogP contribution in [-0.4, -0.2) is 64.6 Å². The van der Waals surface area contributed by atoms with Crippen LogP contribution in [0.5, 0.6) is 5.75 Å². The summed E-state index contributed by atoms with van der Waals surface area (Å²) in [6, 6.07) is 5.88. The highest BCUT2D eigenvalue weighted by Crippen LogP contribution is 2.28. The molecular weight excluding hydrogens is 541 g/mol. The average molecular weight is 571 g/mol. The van der Waals surface area contributed by atoms with Gasteiger partial charge in [0.2, 0.25) is 5.91 Å². The molecular formula is C24H29F3N6O5S. The number of halogens is 3. The monoisotopic (exact) mass is 570 g/mol. The molecule has 3 rings (SSSR count). The molecule has 0 radical (unpaired) electrons. The van der Waals surface area contributed by atoms with Gasteiger partial charge in [-0.15, -0.1) is 0 Å². The first-order chi connectivity index (χ1) is 18.3. The summed E-state index contributed by atoms with van der Waals surface area (Å²) in [5.41, 5.74) is 1.25. The Labute approximate surface area is 223 Å². The van der Waals surface area contributed by atoms with Crippen molar-refractivity contribution in [1.29, 1.82) is 0 Å². The van der Waals surface area contributed by atoms with Crippen LogP contribution in [0.3, 0.4) is 0 Å². The third kappa shape index (κ3) is 8.56. The minimum Gasteiger partial charge on any atom is -0.484 e. The lowest BCUT2D eigenvalue weighted by Crippen LogP contribution is -2.26. The minimum atomic E-state index is -4.49. The number of aryl methyl sites for hydroxylation is 4. The van der Waals surface area contributed by atoms with Crippen LogP contribution in [0.15, 0.2) is 36.7 Å². The number of hydrogen-bond acceptors (Lipinski definition) is 7. The summed E-state index contributed by atoms with van der Waals surface area (Å²) < 4.78 is 68.8. The van der Waals surface area contributed by atoms with Gasteiger partial charge < -0.3 is 15.4 Å². The van der Waals surface area contributed by atoms with E-state index in [1.165, 1.54) is 22.9 Å². The molecule has 2 amide bonds. The number of alkyl halides is 3. The normalized spacial score (nSPS) is 11.8. The van der Waals surface area contributed by atoms with E-state index in [9.17, 15) is 31.2 Å². The van der Waals surface area contributed by atoms with E-state index >= 15 is 0 Å². The molecule has 0 saturated carbocycles. The number of aromatic nitrogens is 4. The molecule has 0 aliphatic rings. The SMILES string of the molecule is CCc1cc(OCC(F)(F)F)ccc1NC(=O)c1c(CC)nn(CCn2cccn2)c1NC(=O)CS(C)(=O)=O. The zero-order chi connectivity index (χ0) is 28.8. The Kier molecular flexibility index (Phi) is 9.37. The van der Waals surface area contributed by atoms with Crippen molar-refractivity contribution in [2.75, 3.05) is 29.2 Å². The molecule has 3 aromatic rings. The molecule has 212 valence electrons. The van der Waals surface area contributed by atoms with Gasteiger partial charge >= 0.3 is 6.18 Å². The van der Waals surface area contributed by atoms with Crippen LogP contribution in [0.1, 0.15) is 35.5 Å². The number of anilines is 2. The molecule has 0 bridgehead atoms. The van der Waals surface area contributed by atoms with Crippen LogP contribution in [0.25, 0.3) is 0 Å². The molecule has 2 heterocycles. The third-order valence-corrected chi connectivity index (χ3v) is 6.23. The number of carbonyl (C=O) groups excluding carboxylic acids is 2. The summed E-state index contributed by atoms with van der Waals surface area (Å²) in [6.07, 6.45) is 0.442. The van der Waals surface area contributed by atoms with Crippen molar-refractivity contribution >= 4 is 33.2 Å². The quantitative estimate of drug-likeness (QED) is 0.341. The molecule has 0 unspecified atom stereocenters. The van der Waals surface area contributed by atoms with Gasteiger partial charge in [0, 0.05) is 24.3 Å². The number of nitrogens with one attached hydrogen (secondary N) is 2. The number of ether oxygens (including phenoxy) is 1. The van der Waals surface area contributed by atoms with Gasteiger partial charge in [0.05, 0.1) is 18.8 Å². The molecule has 0 aliphatic carbocycles. The second-order valence-electron chi connectivity index (χ2n) is 8.66. The first-order valence-electron chi connectivity index (χ1n) is 12.0. The van der Waals surface area contributed by atoms with E-state index in [4.69, 9.17) is 4.74 Å². The van der Waals surface area contributed by atoms with Gasteiger partial charge in [-0.1, -0.05) is 13.8 Å². The maximum absolute atomic E-state index is 13.5. The number of nitrogens with zero attached hydrogens (tertiary/aromatic N) is 4. The van der Waals surface area contributed by atoms with Gasteiger partial charge in [-0.3, -0.25) is 14.3 Å². The molecule has 2 aromatic heterocycles. The zero-order valence-corrected chi connectivity index (χ0v) is 22.4. The second-order valence-corrected chi connectivity index (χ2v) is 10.8. The lowest BCUT2D eigenvalue weighted by atomic mass is 10.1. The largest absolute Gasteiger partial charge is 0.484 e. The van der Waals surface area contributed by atoms with Gasteiger partial charge in [0.25, 0.3) is 5.91 Å². The molecule has 0 saturated heterocycles. The molecule has 0 spiro atoms. The Morgan fingerprint density at radius 2 is 1.85 bits per heavy atom. The van der Waals surface area contributed by atoms with Crippen molar-refractivity contribution in [2.24, 2.45) is 0 Å². The van der Waals surface area contributed by atoms with E-state index in [1.54, 1.807) is 37.0 Å². The lowest BCUT2D eigenvalue weighted by molar-refractivity contribution is -0.153. The van der Waals surface area contributed by atoms with Crippen molar-refractivity contribution < 1.29 is 35.9 Å². The number of carbonyl (C=O) groups is 2. The summed E-state index contributed by atoms with van der Waals surface area (Å²) >= 11 is 0. The average Bonchev–Trinajstić information content (AvgIpc) is 3.48. The number of benzene rings is 1. The molecule has 0 fully saturated rings. The van der Waals surface area contributed by atoms with Gasteiger partial charge in [0.15, 0.2) is 16.4 Å². The van der Waals surface area contributed by atoms with Crippen molar-refractivity contribution in [3.05, 3.63) is 53.5 Å². The van der Waals surface area contributed by atoms with Crippen LogP contribution in [0, 0.1) is 0 Å². The first-order valence-corrected chi connectivity index (χ1v) is 14.0. The van der Waals surface area contributed by atoms with Crippen LogP contribution in [0.4, 0.5) is 24.7 Å². The van der Waals surface area contributed by atoms with Crippen LogP contribution < -0.4 is 15.4 Å². The summed E-state index contributed by atoms with van der Waals surface area (Å²) in [5.74, 6) is -2.25. The molecule has 0 aliphatic heterocycles. The van der Waals surface area contributed by atoms with E-state index in [-0.39, 0.29) is 23.7 Å². The molecule has 1 aromatic carbocycles. The predicted molar refractivity (Wildman–Crippen MR) is 137 cm³/mol. The molecule has 11 nitrogen and oxygen atoms in total. The van der Waals surface area contributed by atoms with Gasteiger partial charge in [-0.05, 0) is 42.7 Å². The van der Waals surface area contributed by atoms with Crippen LogP contribution >= 0.6 is 0 Å². The fraction of sp³-hybridized carbons (Fsp3) is 0.417. The highest BCUT2D eigenvalue weighted by molar-refractivity contribution is 7.91. The van der Waals surface area contributed by atoms with Crippen LogP contribution in [0.2, 0.25) is 0 Å². The van der Waals surface area contributed by atoms with Gasteiger partial charge in [0.1, 0.15) is 22.9 Å². The van der Waals surface area contributed by atoms with Crippen molar-refractivity contribution in [3.8, 4) is 5.75 Å². The molecule has 0 atom stereocenters. The lowest BCUT2D eigenvalue weighted by Gasteiger charge is -2.15. The van der Waals surface area contributed by atoms with E-state index in [1.807, 2.05) is 0 Å². The Bertz CT molecular complexity index is 1420. The molecule has 2 N–H and O–H groups in total. The van der Waals surface area contributed by atoms with Crippen LogP contribution in [-0.2, 0) is 40.6 Å². The number of amides is 2. The summed E-state index contributed by atoms with van der Waals surface area (Å²) in [5, 5.41) is 13.8. The second kappa shape index (κ2) is 12.3. The van der Waals surface area contributed by atoms with Crippen molar-refractivity contribution in [1.82, 2.24) is 19.6 Å². The first kappa shape index (κ1) is 29.7. The topological polar surface area (TPSA) is 137 Å². The smallest absolute Gasteiger partial charge is 0.422 e. The van der Waals surface area contributed by atoms with Crippen molar-refractivity contribution in [2.45, 2.75) is 46.0 Å². The highest BCUT2D eigenvalue weighted by atomic mass is 32.2. The van der Waals surface area contributed by atoms with E-state index < -0.39 is 40.2 Å². The third-order valence-electron chi connectivity index (χ3n) is 5.45. The minimum absolute atomic E-state index is 0.00316. The fourth-order valence-electron chi connectivity index (χ4n) is 3.75. The highest BCUT2D eigenvalue weighted by Gasteiger charge is 2.29. The molecule has 39 heavy (non-hydrogen) atoms. The predicted octanol–water partition coefficient (Wildman–Crippen LogP) is 3.08. The number of sulfone groups is 1. The Balaban J connectivity index is 1.93. The molecule has 15 heteroatoms. The maximum Gasteiger partial charge on any atom is 0.422 e. The van der Waals surface area contributed by atoms with Gasteiger partial charge in [-0.2, -0.15) is 23.4 Å². The summed E-state index contributed by atoms with van der Waals surface area (Å²) in [4.78, 5) is 26.0. The standard InChI is InChI=1S/C24H29F3N6O5S/c1-4-16-13-17(38-15-24(25,26)27)7-8-19(16)29-23(35)21-18(5-2)31-33(12-11-32-10-6-9-28-32)22(21)30-20(34)14-39(3,36)37/h6-10,13H,4-5,11-12,14-15H2,1-3H3,(H,29,35)(H,30,34). The number of hydrogen-bond donors (Lipinski definition) is 2. The number of rotatable bonds is 12. The fourth-order valence-corrected chi connectivity index (χ4v) is 4.30. The Morgan fingerprint density at radius 3 is 2.44 bits per heavy atom. The van der Waals surface area contributed by atoms with E-state index in [0.717, 1.165) is 6.26 Å². The van der Waals surface area contributed by atoms with Gasteiger partial charge in [-0.25, -0.2) is 13.1 Å².